The van der Waals surface area contributed by atoms with Crippen LogP contribution in [0.15, 0.2) is 54.7 Å². The summed E-state index contributed by atoms with van der Waals surface area (Å²) >= 11 is 0. The fraction of sp³-hybridized carbons (Fsp3) is 0.467. The summed E-state index contributed by atoms with van der Waals surface area (Å²) in [6, 6.07) is 15.5. The summed E-state index contributed by atoms with van der Waals surface area (Å²) in [5, 5.41) is 0.978. The average molecular weight is 490 g/mol. The van der Waals surface area contributed by atoms with Crippen LogP contribution in [0.3, 0.4) is 0 Å². The molecule has 6 nitrogen and oxygen atoms in total. The molecule has 36 heavy (non-hydrogen) atoms. The van der Waals surface area contributed by atoms with Gasteiger partial charge in [0.05, 0.1) is 17.2 Å². The van der Waals surface area contributed by atoms with E-state index in [0.717, 1.165) is 42.1 Å². The van der Waals surface area contributed by atoms with Crippen molar-refractivity contribution < 1.29 is 14.3 Å². The van der Waals surface area contributed by atoms with Gasteiger partial charge in [-0.1, -0.05) is 44.2 Å². The zero-order chi connectivity index (χ0) is 25.7. The lowest BCUT2D eigenvalue weighted by Gasteiger charge is -2.33. The van der Waals surface area contributed by atoms with E-state index >= 15 is 0 Å². The predicted octanol–water partition coefficient (Wildman–Crippen LogP) is 5.76. The molecule has 0 radical (unpaired) electrons. The maximum atomic E-state index is 14.1. The van der Waals surface area contributed by atoms with Crippen LogP contribution in [0.4, 0.5) is 0 Å². The van der Waals surface area contributed by atoms with Gasteiger partial charge in [-0.05, 0) is 56.7 Å². The highest BCUT2D eigenvalue weighted by molar-refractivity contribution is 6.07. The molecule has 4 rings (SSSR count). The number of rotatable bonds is 4. The van der Waals surface area contributed by atoms with E-state index in [1.54, 1.807) is 0 Å². The van der Waals surface area contributed by atoms with Crippen molar-refractivity contribution in [1.82, 2.24) is 14.4 Å². The molecule has 0 aliphatic carbocycles. The molecule has 1 aliphatic rings. The van der Waals surface area contributed by atoms with Crippen molar-refractivity contribution >= 4 is 22.7 Å². The lowest BCUT2D eigenvalue weighted by atomic mass is 10.0. The Balaban J connectivity index is 1.70. The molecule has 0 spiro atoms. The van der Waals surface area contributed by atoms with Crippen LogP contribution in [0.5, 0.6) is 5.75 Å². The first kappa shape index (κ1) is 25.8. The Morgan fingerprint density at radius 2 is 1.75 bits per heavy atom. The number of benzene rings is 2. The van der Waals surface area contributed by atoms with Crippen molar-refractivity contribution in [3.63, 3.8) is 0 Å². The van der Waals surface area contributed by atoms with Crippen molar-refractivity contribution in [2.75, 3.05) is 26.2 Å². The summed E-state index contributed by atoms with van der Waals surface area (Å²) in [5.74, 6) is 1.04. The number of carbonyl (C=O) groups excluding carboxylic acids is 2. The molecule has 0 unspecified atom stereocenters. The molecule has 3 aromatic rings. The first-order chi connectivity index (χ1) is 17.4. The predicted molar refractivity (Wildman–Crippen MR) is 145 cm³/mol. The highest BCUT2D eigenvalue weighted by Gasteiger charge is 2.29. The highest BCUT2D eigenvalue weighted by atomic mass is 16.5. The quantitative estimate of drug-likeness (QED) is 0.468. The number of fused-ring (bicyclic) bond motifs is 2. The molecule has 0 N–H and O–H groups in total. The standard InChI is InChI=1S/C30H39N3O3/c1-5-32-17-11-6-12-18-33(30(35)26-20-31(4)27-15-9-7-13-24(26)27)23(19-22(2)3)21-36-28-16-10-8-14-25(28)29(32)34/h7-10,13-16,20,22-23H,5-6,11-12,17-19,21H2,1-4H3/t23-/m0/s1. The molecule has 0 saturated heterocycles. The Bertz CT molecular complexity index is 1200. The minimum atomic E-state index is -0.0948. The Labute approximate surface area is 214 Å². The zero-order valence-corrected chi connectivity index (χ0v) is 22.1. The Kier molecular flexibility index (Phi) is 8.34. The van der Waals surface area contributed by atoms with Crippen LogP contribution in [0.25, 0.3) is 10.9 Å². The van der Waals surface area contributed by atoms with Crippen LogP contribution in [0.1, 0.15) is 67.2 Å². The van der Waals surface area contributed by atoms with Crippen LogP contribution in [-0.4, -0.2) is 58.5 Å². The van der Waals surface area contributed by atoms with Gasteiger partial charge in [0.2, 0.25) is 0 Å². The summed E-state index contributed by atoms with van der Waals surface area (Å²) in [7, 11) is 1.99. The topological polar surface area (TPSA) is 54.8 Å². The molecule has 192 valence electrons. The van der Waals surface area contributed by atoms with E-state index in [2.05, 4.69) is 13.8 Å². The molecule has 2 aromatic carbocycles. The Morgan fingerprint density at radius 3 is 2.53 bits per heavy atom. The first-order valence-electron chi connectivity index (χ1n) is 13.3. The van der Waals surface area contributed by atoms with Gasteiger partial charge < -0.3 is 19.1 Å². The normalized spacial score (nSPS) is 17.8. The minimum Gasteiger partial charge on any atom is -0.491 e. The minimum absolute atomic E-state index is 0.0106. The summed E-state index contributed by atoms with van der Waals surface area (Å²) in [6.45, 7) is 8.76. The molecular formula is C30H39N3O3. The van der Waals surface area contributed by atoms with Gasteiger partial charge in [0, 0.05) is 43.8 Å². The molecule has 6 heteroatoms. The highest BCUT2D eigenvalue weighted by Crippen LogP contribution is 2.26. The van der Waals surface area contributed by atoms with Crippen LogP contribution in [-0.2, 0) is 7.05 Å². The monoisotopic (exact) mass is 489 g/mol. The third-order valence-corrected chi connectivity index (χ3v) is 7.12. The fourth-order valence-electron chi connectivity index (χ4n) is 5.24. The number of ether oxygens (including phenoxy) is 1. The number of hydrogen-bond donors (Lipinski definition) is 0. The van der Waals surface area contributed by atoms with E-state index in [1.807, 2.05) is 83.1 Å². The Morgan fingerprint density at radius 1 is 1.03 bits per heavy atom. The molecule has 0 fully saturated rings. The van der Waals surface area contributed by atoms with E-state index in [4.69, 9.17) is 4.74 Å². The summed E-state index contributed by atoms with van der Waals surface area (Å²) in [5.41, 5.74) is 2.38. The Hall–Kier alpha value is -3.28. The third-order valence-electron chi connectivity index (χ3n) is 7.12. The lowest BCUT2D eigenvalue weighted by Crippen LogP contribution is -2.45. The summed E-state index contributed by atoms with van der Waals surface area (Å²) in [6.07, 6.45) is 5.54. The molecular weight excluding hydrogens is 450 g/mol. The number of hydrogen-bond acceptors (Lipinski definition) is 3. The molecule has 1 aliphatic heterocycles. The molecule has 1 aromatic heterocycles. The largest absolute Gasteiger partial charge is 0.491 e. The van der Waals surface area contributed by atoms with E-state index in [9.17, 15) is 9.59 Å². The zero-order valence-electron chi connectivity index (χ0n) is 22.1. The van der Waals surface area contributed by atoms with Gasteiger partial charge in [-0.25, -0.2) is 0 Å². The van der Waals surface area contributed by atoms with Gasteiger partial charge in [-0.2, -0.15) is 0 Å². The number of nitrogens with zero attached hydrogens (tertiary/aromatic N) is 3. The number of para-hydroxylation sites is 2. The van der Waals surface area contributed by atoms with Gasteiger partial charge in [0.1, 0.15) is 12.4 Å². The molecule has 0 bridgehead atoms. The van der Waals surface area contributed by atoms with Crippen molar-refractivity contribution in [3.8, 4) is 5.75 Å². The molecule has 2 heterocycles. The van der Waals surface area contributed by atoms with Gasteiger partial charge >= 0.3 is 0 Å². The fourth-order valence-corrected chi connectivity index (χ4v) is 5.24. The van der Waals surface area contributed by atoms with E-state index in [0.29, 0.717) is 43.5 Å². The average Bonchev–Trinajstić information content (AvgIpc) is 3.22. The van der Waals surface area contributed by atoms with Crippen molar-refractivity contribution in [1.29, 1.82) is 0 Å². The van der Waals surface area contributed by atoms with E-state index in [1.165, 1.54) is 0 Å². The summed E-state index contributed by atoms with van der Waals surface area (Å²) in [4.78, 5) is 31.3. The lowest BCUT2D eigenvalue weighted by molar-refractivity contribution is 0.0575. The SMILES string of the molecule is CCN1CCCCCN(C(=O)c2cn(C)c3ccccc23)[C@@H](CC(C)C)COc2ccccc2C1=O. The number of carbonyl (C=O) groups is 2. The molecule has 1 atom stereocenters. The number of aromatic nitrogens is 1. The maximum Gasteiger partial charge on any atom is 0.257 e. The second-order valence-electron chi connectivity index (χ2n) is 10.2. The van der Waals surface area contributed by atoms with Crippen LogP contribution < -0.4 is 4.74 Å². The molecule has 2 amide bonds. The van der Waals surface area contributed by atoms with Gasteiger partial charge in [0.15, 0.2) is 0 Å². The summed E-state index contributed by atoms with van der Waals surface area (Å²) < 4.78 is 8.37. The van der Waals surface area contributed by atoms with Crippen LogP contribution in [0, 0.1) is 5.92 Å². The smallest absolute Gasteiger partial charge is 0.257 e. The van der Waals surface area contributed by atoms with Crippen LogP contribution >= 0.6 is 0 Å². The van der Waals surface area contributed by atoms with E-state index in [-0.39, 0.29) is 17.9 Å². The van der Waals surface area contributed by atoms with Gasteiger partial charge in [0.25, 0.3) is 11.8 Å². The van der Waals surface area contributed by atoms with Crippen LogP contribution in [0.2, 0.25) is 0 Å². The second kappa shape index (κ2) is 11.6. The maximum absolute atomic E-state index is 14.1. The molecule has 0 saturated carbocycles. The second-order valence-corrected chi connectivity index (χ2v) is 10.2. The first-order valence-corrected chi connectivity index (χ1v) is 13.3. The van der Waals surface area contributed by atoms with E-state index < -0.39 is 0 Å². The van der Waals surface area contributed by atoms with Crippen molar-refractivity contribution in [2.24, 2.45) is 13.0 Å². The number of aryl methyl sites for hydroxylation is 1. The van der Waals surface area contributed by atoms with Crippen molar-refractivity contribution in [3.05, 3.63) is 65.9 Å². The van der Waals surface area contributed by atoms with Crippen molar-refractivity contribution in [2.45, 2.75) is 52.5 Å². The number of amides is 2. The third kappa shape index (κ3) is 5.58. The van der Waals surface area contributed by atoms with Gasteiger partial charge in [-0.3, -0.25) is 9.59 Å². The van der Waals surface area contributed by atoms with Gasteiger partial charge in [-0.15, -0.1) is 0 Å².